The number of halogens is 3. The summed E-state index contributed by atoms with van der Waals surface area (Å²) in [6.07, 6.45) is -2.97. The summed E-state index contributed by atoms with van der Waals surface area (Å²) in [4.78, 5) is 22.6. The Balaban J connectivity index is 2.05. The van der Waals surface area contributed by atoms with Crippen LogP contribution in [0.15, 0.2) is 17.1 Å². The van der Waals surface area contributed by atoms with E-state index in [1.54, 1.807) is 0 Å². The molecule has 1 unspecified atom stereocenters. The largest absolute Gasteiger partial charge is 0.471 e. The van der Waals surface area contributed by atoms with Crippen molar-refractivity contribution in [1.82, 2.24) is 14.7 Å². The average molecular weight is 249 g/mol. The van der Waals surface area contributed by atoms with E-state index in [4.69, 9.17) is 0 Å². The molecule has 1 aromatic rings. The number of likely N-dealkylation sites (tertiary alicyclic amines) is 1. The van der Waals surface area contributed by atoms with Crippen LogP contribution in [0.3, 0.4) is 0 Å². The molecule has 0 spiro atoms. The Hall–Kier alpha value is -1.73. The third kappa shape index (κ3) is 2.34. The molecule has 5 nitrogen and oxygen atoms in total. The van der Waals surface area contributed by atoms with Crippen molar-refractivity contribution >= 4 is 5.91 Å². The molecule has 0 saturated carbocycles. The van der Waals surface area contributed by atoms with Crippen LogP contribution >= 0.6 is 0 Å². The Morgan fingerprint density at radius 1 is 1.47 bits per heavy atom. The highest BCUT2D eigenvalue weighted by atomic mass is 19.4. The molecule has 17 heavy (non-hydrogen) atoms. The number of nitrogens with zero attached hydrogens (tertiary/aromatic N) is 2. The Bertz CT molecular complexity index is 476. The number of nitrogens with one attached hydrogen (secondary N) is 1. The number of rotatable bonds is 1. The van der Waals surface area contributed by atoms with E-state index in [-0.39, 0.29) is 24.7 Å². The summed E-state index contributed by atoms with van der Waals surface area (Å²) in [5.41, 5.74) is -0.314. The van der Waals surface area contributed by atoms with E-state index < -0.39 is 12.1 Å². The summed E-state index contributed by atoms with van der Waals surface area (Å²) in [5, 5.41) is 2.46. The smallest absolute Gasteiger partial charge is 0.333 e. The van der Waals surface area contributed by atoms with E-state index in [1.807, 2.05) is 0 Å². The quantitative estimate of drug-likeness (QED) is 0.788. The number of carbonyl (C=O) groups is 1. The van der Waals surface area contributed by atoms with Gasteiger partial charge < -0.3 is 4.90 Å². The lowest BCUT2D eigenvalue weighted by molar-refractivity contribution is -0.184. The van der Waals surface area contributed by atoms with Crippen molar-refractivity contribution in [3.63, 3.8) is 0 Å². The number of carbonyl (C=O) groups excluding carboxylic acids is 1. The lowest BCUT2D eigenvalue weighted by Crippen LogP contribution is -2.39. The lowest BCUT2D eigenvalue weighted by atomic mass is 10.3. The average Bonchev–Trinajstić information content (AvgIpc) is 2.83. The van der Waals surface area contributed by atoms with Crippen molar-refractivity contribution in [2.24, 2.45) is 0 Å². The maximum absolute atomic E-state index is 12.2. The van der Waals surface area contributed by atoms with E-state index in [2.05, 4.69) is 5.10 Å². The van der Waals surface area contributed by atoms with Crippen molar-refractivity contribution in [1.29, 1.82) is 0 Å². The Morgan fingerprint density at radius 3 is 2.71 bits per heavy atom. The first-order chi connectivity index (χ1) is 7.88. The molecule has 1 aliphatic rings. The normalized spacial score (nSPS) is 20.9. The standard InChI is InChI=1S/C9H10F3N3O2/c10-9(11,12)8(17)14-3-1-6(5-14)15-4-2-7(16)13-15/h2,4,6H,1,3,5H2,(H,13,16). The first-order valence-electron chi connectivity index (χ1n) is 5.01. The fourth-order valence-corrected chi connectivity index (χ4v) is 1.90. The van der Waals surface area contributed by atoms with Crippen molar-refractivity contribution in [3.05, 3.63) is 22.6 Å². The van der Waals surface area contributed by atoms with Crippen molar-refractivity contribution in [3.8, 4) is 0 Å². The molecular weight excluding hydrogens is 239 g/mol. The monoisotopic (exact) mass is 249 g/mol. The fraction of sp³-hybridized carbons (Fsp3) is 0.556. The molecule has 2 rings (SSSR count). The second-order valence-corrected chi connectivity index (χ2v) is 3.89. The van der Waals surface area contributed by atoms with Gasteiger partial charge in [0.15, 0.2) is 0 Å². The minimum atomic E-state index is -4.83. The molecule has 94 valence electrons. The molecule has 0 aromatic carbocycles. The van der Waals surface area contributed by atoms with Crippen LogP contribution in [0.2, 0.25) is 0 Å². The van der Waals surface area contributed by atoms with E-state index >= 15 is 0 Å². The van der Waals surface area contributed by atoms with Gasteiger partial charge in [0, 0.05) is 25.4 Å². The highest BCUT2D eigenvalue weighted by molar-refractivity contribution is 5.82. The SMILES string of the molecule is O=C(N1CCC(n2ccc(=O)[nH]2)C1)C(F)(F)F. The first-order valence-corrected chi connectivity index (χ1v) is 5.01. The number of aromatic nitrogens is 2. The second-order valence-electron chi connectivity index (χ2n) is 3.89. The van der Waals surface area contributed by atoms with Crippen LogP contribution in [0, 0.1) is 0 Å². The van der Waals surface area contributed by atoms with E-state index in [1.165, 1.54) is 16.9 Å². The van der Waals surface area contributed by atoms with Crippen LogP contribution in [0.1, 0.15) is 12.5 Å². The van der Waals surface area contributed by atoms with Gasteiger partial charge in [-0.3, -0.25) is 19.4 Å². The molecular formula is C9H10F3N3O2. The number of alkyl halides is 3. The molecule has 1 amide bonds. The van der Waals surface area contributed by atoms with Crippen LogP contribution in [0.5, 0.6) is 0 Å². The van der Waals surface area contributed by atoms with Gasteiger partial charge in [0.05, 0.1) is 6.04 Å². The summed E-state index contributed by atoms with van der Waals surface area (Å²) >= 11 is 0. The van der Waals surface area contributed by atoms with Gasteiger partial charge in [-0.05, 0) is 6.42 Å². The minimum Gasteiger partial charge on any atom is -0.333 e. The zero-order valence-corrected chi connectivity index (χ0v) is 8.70. The molecule has 2 heterocycles. The number of hydrogen-bond donors (Lipinski definition) is 1. The lowest BCUT2D eigenvalue weighted by Gasteiger charge is -2.18. The van der Waals surface area contributed by atoms with Crippen LogP contribution < -0.4 is 5.56 Å². The van der Waals surface area contributed by atoms with Crippen LogP contribution in [0.4, 0.5) is 13.2 Å². The van der Waals surface area contributed by atoms with Gasteiger partial charge in [-0.25, -0.2) is 0 Å². The van der Waals surface area contributed by atoms with Crippen molar-refractivity contribution < 1.29 is 18.0 Å². The summed E-state index contributed by atoms with van der Waals surface area (Å²) in [6.45, 7) is 0.00613. The molecule has 0 radical (unpaired) electrons. The van der Waals surface area contributed by atoms with Crippen molar-refractivity contribution in [2.75, 3.05) is 13.1 Å². The second kappa shape index (κ2) is 3.94. The van der Waals surface area contributed by atoms with Crippen LogP contribution in [-0.2, 0) is 4.79 Å². The molecule has 8 heteroatoms. The van der Waals surface area contributed by atoms with Gasteiger partial charge in [-0.2, -0.15) is 13.2 Å². The maximum atomic E-state index is 12.2. The number of H-pyrrole nitrogens is 1. The van der Waals surface area contributed by atoms with E-state index in [0.717, 1.165) is 4.90 Å². The van der Waals surface area contributed by atoms with Crippen LogP contribution in [0.25, 0.3) is 0 Å². The third-order valence-corrected chi connectivity index (χ3v) is 2.71. The number of aromatic amines is 1. The van der Waals surface area contributed by atoms with Gasteiger partial charge in [0.1, 0.15) is 0 Å². The van der Waals surface area contributed by atoms with Gasteiger partial charge in [0.25, 0.3) is 5.56 Å². The summed E-state index contributed by atoms with van der Waals surface area (Å²) in [6, 6.07) is 0.984. The van der Waals surface area contributed by atoms with Gasteiger partial charge in [-0.1, -0.05) is 0 Å². The predicted molar refractivity (Wildman–Crippen MR) is 51.3 cm³/mol. The molecule has 0 bridgehead atoms. The van der Waals surface area contributed by atoms with Crippen LogP contribution in [-0.4, -0.2) is 39.9 Å². The summed E-state index contributed by atoms with van der Waals surface area (Å²) < 4.78 is 38.0. The molecule has 1 saturated heterocycles. The Morgan fingerprint density at radius 2 is 2.18 bits per heavy atom. The highest BCUT2D eigenvalue weighted by Crippen LogP contribution is 2.25. The predicted octanol–water partition coefficient (Wildman–Crippen LogP) is 0.512. The molecule has 1 N–H and O–H groups in total. The number of hydrogen-bond acceptors (Lipinski definition) is 2. The zero-order valence-electron chi connectivity index (χ0n) is 8.70. The van der Waals surface area contributed by atoms with E-state index in [9.17, 15) is 22.8 Å². The molecule has 1 aromatic heterocycles. The Kier molecular flexibility index (Phi) is 2.72. The zero-order chi connectivity index (χ0) is 12.6. The molecule has 1 fully saturated rings. The summed E-state index contributed by atoms with van der Waals surface area (Å²) in [7, 11) is 0. The fourth-order valence-electron chi connectivity index (χ4n) is 1.90. The summed E-state index contributed by atoms with van der Waals surface area (Å²) in [5.74, 6) is -1.82. The maximum Gasteiger partial charge on any atom is 0.471 e. The molecule has 1 aliphatic heterocycles. The highest BCUT2D eigenvalue weighted by Gasteiger charge is 2.44. The van der Waals surface area contributed by atoms with E-state index in [0.29, 0.717) is 6.42 Å². The topological polar surface area (TPSA) is 58.1 Å². The molecule has 0 aliphatic carbocycles. The third-order valence-electron chi connectivity index (χ3n) is 2.71. The van der Waals surface area contributed by atoms with Gasteiger partial charge in [0.2, 0.25) is 0 Å². The first kappa shape index (κ1) is 11.7. The minimum absolute atomic E-state index is 0.0387. The Labute approximate surface area is 93.8 Å². The molecule has 1 atom stereocenters. The van der Waals surface area contributed by atoms with Gasteiger partial charge >= 0.3 is 12.1 Å². The van der Waals surface area contributed by atoms with Gasteiger partial charge in [-0.15, -0.1) is 0 Å². The number of amides is 1. The van der Waals surface area contributed by atoms with Crippen molar-refractivity contribution in [2.45, 2.75) is 18.6 Å².